The Hall–Kier alpha value is -4.07. The molecule has 0 aliphatic carbocycles. The van der Waals surface area contributed by atoms with E-state index in [1.54, 1.807) is 27.7 Å². The van der Waals surface area contributed by atoms with Crippen LogP contribution in [0.3, 0.4) is 0 Å². The molecule has 8 heteroatoms. The molecule has 1 N–H and O–H groups in total. The van der Waals surface area contributed by atoms with Crippen LogP contribution in [-0.4, -0.2) is 27.0 Å². The molecule has 6 nitrogen and oxygen atoms in total. The SMILES string of the molecule is CCCCCCN(C(=O)Nc1ccc(F)cc1F)C(C)c1nc2ccccc2c(=O)n1-c1ccc(CC)cc1. The lowest BCUT2D eigenvalue weighted by Gasteiger charge is -2.31. The lowest BCUT2D eigenvalue weighted by molar-refractivity contribution is 0.187. The number of hydrogen-bond donors (Lipinski definition) is 1. The molecule has 0 saturated heterocycles. The summed E-state index contributed by atoms with van der Waals surface area (Å²) in [7, 11) is 0. The third kappa shape index (κ3) is 6.33. The molecule has 1 atom stereocenters. The highest BCUT2D eigenvalue weighted by molar-refractivity contribution is 5.89. The maximum absolute atomic E-state index is 14.4. The molecule has 0 saturated carbocycles. The summed E-state index contributed by atoms with van der Waals surface area (Å²) in [5.41, 5.74) is 1.96. The topological polar surface area (TPSA) is 67.2 Å². The first-order valence-corrected chi connectivity index (χ1v) is 13.5. The number of nitrogens with zero attached hydrogens (tertiary/aromatic N) is 3. The van der Waals surface area contributed by atoms with Crippen molar-refractivity contribution in [3.63, 3.8) is 0 Å². The van der Waals surface area contributed by atoms with Crippen LogP contribution < -0.4 is 10.9 Å². The Morgan fingerprint density at radius 1 is 1.00 bits per heavy atom. The number of nitrogens with one attached hydrogen (secondary N) is 1. The summed E-state index contributed by atoms with van der Waals surface area (Å²) in [6, 6.07) is 16.7. The molecule has 0 radical (unpaired) electrons. The number of carbonyl (C=O) groups excluding carboxylic acids is 1. The summed E-state index contributed by atoms with van der Waals surface area (Å²) in [5, 5.41) is 3.06. The van der Waals surface area contributed by atoms with E-state index in [9.17, 15) is 18.4 Å². The van der Waals surface area contributed by atoms with E-state index in [1.165, 1.54) is 6.07 Å². The van der Waals surface area contributed by atoms with Crippen molar-refractivity contribution in [1.29, 1.82) is 0 Å². The van der Waals surface area contributed by atoms with Crippen LogP contribution in [0.4, 0.5) is 19.3 Å². The summed E-state index contributed by atoms with van der Waals surface area (Å²) in [6.07, 6.45) is 4.54. The average molecular weight is 533 g/mol. The van der Waals surface area contributed by atoms with Crippen molar-refractivity contribution in [1.82, 2.24) is 14.5 Å². The summed E-state index contributed by atoms with van der Waals surface area (Å²) >= 11 is 0. The molecular weight excluding hydrogens is 498 g/mol. The highest BCUT2D eigenvalue weighted by atomic mass is 19.1. The van der Waals surface area contributed by atoms with Crippen LogP contribution in [0.2, 0.25) is 0 Å². The molecule has 3 aromatic carbocycles. The van der Waals surface area contributed by atoms with E-state index in [-0.39, 0.29) is 11.2 Å². The number of fused-ring (bicyclic) bond motifs is 1. The van der Waals surface area contributed by atoms with Gasteiger partial charge < -0.3 is 10.2 Å². The van der Waals surface area contributed by atoms with Crippen molar-refractivity contribution in [3.8, 4) is 5.69 Å². The molecule has 1 heterocycles. The van der Waals surface area contributed by atoms with E-state index in [0.717, 1.165) is 49.8 Å². The molecule has 2 amide bonds. The maximum atomic E-state index is 14.4. The lowest BCUT2D eigenvalue weighted by atomic mass is 10.1. The predicted molar refractivity (Wildman–Crippen MR) is 151 cm³/mol. The van der Waals surface area contributed by atoms with Gasteiger partial charge in [-0.15, -0.1) is 0 Å². The quantitative estimate of drug-likeness (QED) is 0.216. The molecule has 0 aliphatic heterocycles. The number of anilines is 1. The largest absolute Gasteiger partial charge is 0.322 e. The predicted octanol–water partition coefficient (Wildman–Crippen LogP) is 7.40. The number of halogens is 2. The summed E-state index contributed by atoms with van der Waals surface area (Å²) in [4.78, 5) is 33.8. The van der Waals surface area contributed by atoms with E-state index >= 15 is 0 Å². The minimum absolute atomic E-state index is 0.119. The molecule has 0 fully saturated rings. The van der Waals surface area contributed by atoms with Gasteiger partial charge in [-0.25, -0.2) is 18.6 Å². The number of unbranched alkanes of at least 4 members (excludes halogenated alkanes) is 3. The Morgan fingerprint density at radius 3 is 2.44 bits per heavy atom. The van der Waals surface area contributed by atoms with Gasteiger partial charge >= 0.3 is 6.03 Å². The number of urea groups is 1. The zero-order valence-corrected chi connectivity index (χ0v) is 22.6. The number of benzene rings is 3. The van der Waals surface area contributed by atoms with Crippen LogP contribution in [-0.2, 0) is 6.42 Å². The van der Waals surface area contributed by atoms with E-state index < -0.39 is 23.7 Å². The zero-order chi connectivity index (χ0) is 27.9. The number of carbonyl (C=O) groups is 1. The van der Waals surface area contributed by atoms with E-state index in [0.29, 0.717) is 29.0 Å². The molecule has 0 bridgehead atoms. The van der Waals surface area contributed by atoms with Crippen LogP contribution in [0.15, 0.2) is 71.5 Å². The second-order valence-electron chi connectivity index (χ2n) is 9.63. The Labute approximate surface area is 227 Å². The molecule has 39 heavy (non-hydrogen) atoms. The molecule has 0 aliphatic rings. The molecular formula is C31H34F2N4O2. The van der Waals surface area contributed by atoms with Gasteiger partial charge in [-0.3, -0.25) is 9.36 Å². The molecule has 4 aromatic rings. The number of amides is 2. The molecule has 1 aromatic heterocycles. The first-order chi connectivity index (χ1) is 18.8. The van der Waals surface area contributed by atoms with Crippen LogP contribution >= 0.6 is 0 Å². The fourth-order valence-electron chi connectivity index (χ4n) is 4.66. The zero-order valence-electron chi connectivity index (χ0n) is 22.6. The third-order valence-electron chi connectivity index (χ3n) is 6.93. The third-order valence-corrected chi connectivity index (χ3v) is 6.93. The van der Waals surface area contributed by atoms with Crippen molar-refractivity contribution < 1.29 is 13.6 Å². The smallest absolute Gasteiger partial charge is 0.315 e. The standard InChI is InChI=1S/C31H34F2N4O2/c1-4-6-7-10-19-36(31(39)35-28-18-15-23(32)20-26(28)33)21(3)29-34-27-12-9-8-11-25(27)30(38)37(29)24-16-13-22(5-2)14-17-24/h8-9,11-18,20-21H,4-7,10,19H2,1-3H3,(H,35,39). The van der Waals surface area contributed by atoms with Gasteiger partial charge in [0.15, 0.2) is 0 Å². The van der Waals surface area contributed by atoms with Crippen molar-refractivity contribution in [3.05, 3.63) is 100 Å². The second kappa shape index (κ2) is 12.7. The van der Waals surface area contributed by atoms with Crippen molar-refractivity contribution in [2.24, 2.45) is 0 Å². The number of hydrogen-bond acceptors (Lipinski definition) is 3. The second-order valence-corrected chi connectivity index (χ2v) is 9.63. The monoisotopic (exact) mass is 532 g/mol. The highest BCUT2D eigenvalue weighted by Gasteiger charge is 2.27. The Morgan fingerprint density at radius 2 is 1.74 bits per heavy atom. The van der Waals surface area contributed by atoms with Crippen LogP contribution in [0.1, 0.15) is 63.9 Å². The lowest BCUT2D eigenvalue weighted by Crippen LogP contribution is -2.40. The van der Waals surface area contributed by atoms with Gasteiger partial charge in [-0.2, -0.15) is 0 Å². The van der Waals surface area contributed by atoms with Gasteiger partial charge in [0.2, 0.25) is 0 Å². The normalized spacial score (nSPS) is 11.9. The number of para-hydroxylation sites is 1. The summed E-state index contributed by atoms with van der Waals surface area (Å²) in [5.74, 6) is -1.19. The molecule has 4 rings (SSSR count). The Balaban J connectivity index is 1.79. The number of aromatic nitrogens is 2. The number of aryl methyl sites for hydroxylation is 1. The van der Waals surface area contributed by atoms with Crippen LogP contribution in [0.5, 0.6) is 0 Å². The van der Waals surface area contributed by atoms with Gasteiger partial charge in [-0.05, 0) is 61.7 Å². The Kier molecular flexibility index (Phi) is 9.07. The first-order valence-electron chi connectivity index (χ1n) is 13.5. The average Bonchev–Trinajstić information content (AvgIpc) is 2.94. The first kappa shape index (κ1) is 28.0. The minimum Gasteiger partial charge on any atom is -0.315 e. The molecule has 204 valence electrons. The molecule has 0 spiro atoms. The fourth-order valence-corrected chi connectivity index (χ4v) is 4.66. The van der Waals surface area contributed by atoms with Crippen molar-refractivity contribution >= 4 is 22.6 Å². The highest BCUT2D eigenvalue weighted by Crippen LogP contribution is 2.25. The minimum atomic E-state index is -0.862. The van der Waals surface area contributed by atoms with Gasteiger partial charge in [0.1, 0.15) is 17.5 Å². The van der Waals surface area contributed by atoms with Gasteiger partial charge in [0, 0.05) is 12.6 Å². The van der Waals surface area contributed by atoms with Gasteiger partial charge in [0.25, 0.3) is 5.56 Å². The maximum Gasteiger partial charge on any atom is 0.322 e. The summed E-state index contributed by atoms with van der Waals surface area (Å²) < 4.78 is 29.4. The Bertz CT molecular complexity index is 1500. The van der Waals surface area contributed by atoms with Gasteiger partial charge in [-0.1, -0.05) is 57.4 Å². The van der Waals surface area contributed by atoms with E-state index in [1.807, 2.05) is 37.3 Å². The fraction of sp³-hybridized carbons (Fsp3) is 0.323. The van der Waals surface area contributed by atoms with Crippen molar-refractivity contribution in [2.45, 2.75) is 58.9 Å². The van der Waals surface area contributed by atoms with Crippen LogP contribution in [0, 0.1) is 11.6 Å². The van der Waals surface area contributed by atoms with Gasteiger partial charge in [0.05, 0.1) is 28.3 Å². The number of rotatable bonds is 10. The van der Waals surface area contributed by atoms with Crippen LogP contribution in [0.25, 0.3) is 16.6 Å². The van der Waals surface area contributed by atoms with E-state index in [4.69, 9.17) is 4.98 Å². The summed E-state index contributed by atoms with van der Waals surface area (Å²) in [6.45, 7) is 6.35. The van der Waals surface area contributed by atoms with E-state index in [2.05, 4.69) is 19.2 Å². The molecule has 1 unspecified atom stereocenters. The van der Waals surface area contributed by atoms with Crippen molar-refractivity contribution in [2.75, 3.05) is 11.9 Å².